The molecule has 0 saturated carbocycles. The van der Waals surface area contributed by atoms with E-state index in [2.05, 4.69) is 27.5 Å². The molecule has 0 aliphatic rings. The number of benzene rings is 1. The van der Waals surface area contributed by atoms with Crippen molar-refractivity contribution in [1.82, 2.24) is 14.4 Å². The van der Waals surface area contributed by atoms with Gasteiger partial charge in [-0.25, -0.2) is 9.97 Å². The molecule has 6 heteroatoms. The molecule has 2 heterocycles. The molecule has 0 unspecified atom stereocenters. The molecule has 0 fully saturated rings. The van der Waals surface area contributed by atoms with Crippen molar-refractivity contribution >= 4 is 23.1 Å². The third kappa shape index (κ3) is 3.15. The Balaban J connectivity index is 2.02. The minimum Gasteiger partial charge on any atom is -0.367 e. The Kier molecular flexibility index (Phi) is 4.23. The number of fused-ring (bicyclic) bond motifs is 1. The average molecular weight is 309 g/mol. The van der Waals surface area contributed by atoms with Gasteiger partial charge >= 0.3 is 0 Å². The largest absolute Gasteiger partial charge is 0.367 e. The van der Waals surface area contributed by atoms with Gasteiger partial charge in [0.1, 0.15) is 0 Å². The fourth-order valence-electron chi connectivity index (χ4n) is 2.46. The van der Waals surface area contributed by atoms with Crippen LogP contribution in [-0.4, -0.2) is 26.8 Å². The summed E-state index contributed by atoms with van der Waals surface area (Å²) in [6.07, 6.45) is 6.49. The lowest BCUT2D eigenvalue weighted by atomic mass is 10.1. The lowest BCUT2D eigenvalue weighted by Gasteiger charge is -2.08. The number of nitrogens with one attached hydrogen (secondary N) is 2. The van der Waals surface area contributed by atoms with Crippen molar-refractivity contribution < 1.29 is 4.79 Å². The van der Waals surface area contributed by atoms with Gasteiger partial charge < -0.3 is 10.6 Å². The van der Waals surface area contributed by atoms with Crippen LogP contribution in [0, 0.1) is 0 Å². The predicted molar refractivity (Wildman–Crippen MR) is 91.5 cm³/mol. The molecule has 3 aromatic rings. The van der Waals surface area contributed by atoms with E-state index in [1.807, 2.05) is 41.1 Å². The number of hydrogen-bond donors (Lipinski definition) is 2. The third-order valence-corrected chi connectivity index (χ3v) is 3.45. The first-order valence-corrected chi connectivity index (χ1v) is 7.63. The number of imidazole rings is 1. The van der Waals surface area contributed by atoms with E-state index in [1.54, 1.807) is 6.20 Å². The molecule has 0 saturated heterocycles. The van der Waals surface area contributed by atoms with E-state index in [-0.39, 0.29) is 5.91 Å². The van der Waals surface area contributed by atoms with Gasteiger partial charge in [0.2, 0.25) is 5.91 Å². The number of carbonyl (C=O) groups is 1. The van der Waals surface area contributed by atoms with E-state index in [4.69, 9.17) is 0 Å². The highest BCUT2D eigenvalue weighted by molar-refractivity contribution is 5.89. The molecule has 0 aliphatic heterocycles. The van der Waals surface area contributed by atoms with Crippen molar-refractivity contribution in [3.05, 3.63) is 42.9 Å². The monoisotopic (exact) mass is 309 g/mol. The first kappa shape index (κ1) is 15.0. The SMILES string of the molecule is CCCNc1nccn2c(-c3cccc(NC(C)=O)c3)cnc12. The minimum absolute atomic E-state index is 0.0875. The van der Waals surface area contributed by atoms with Crippen LogP contribution >= 0.6 is 0 Å². The molecule has 3 rings (SSSR count). The molecule has 0 atom stereocenters. The summed E-state index contributed by atoms with van der Waals surface area (Å²) in [5.41, 5.74) is 3.50. The van der Waals surface area contributed by atoms with Crippen LogP contribution in [0.1, 0.15) is 20.3 Å². The molecule has 0 bridgehead atoms. The van der Waals surface area contributed by atoms with Gasteiger partial charge in [0.05, 0.1) is 11.9 Å². The van der Waals surface area contributed by atoms with E-state index < -0.39 is 0 Å². The van der Waals surface area contributed by atoms with Gasteiger partial charge in [-0.05, 0) is 18.6 Å². The van der Waals surface area contributed by atoms with Crippen LogP contribution in [0.4, 0.5) is 11.5 Å². The molecule has 2 N–H and O–H groups in total. The highest BCUT2D eigenvalue weighted by Gasteiger charge is 2.10. The maximum Gasteiger partial charge on any atom is 0.221 e. The lowest BCUT2D eigenvalue weighted by molar-refractivity contribution is -0.114. The number of hydrogen-bond acceptors (Lipinski definition) is 4. The Labute approximate surface area is 134 Å². The summed E-state index contributed by atoms with van der Waals surface area (Å²) in [5.74, 6) is 0.689. The van der Waals surface area contributed by atoms with Gasteiger partial charge in [-0.2, -0.15) is 0 Å². The fraction of sp³-hybridized carbons (Fsp3) is 0.235. The zero-order chi connectivity index (χ0) is 16.2. The topological polar surface area (TPSA) is 71.3 Å². The van der Waals surface area contributed by atoms with Crippen molar-refractivity contribution in [2.75, 3.05) is 17.2 Å². The molecule has 0 radical (unpaired) electrons. The molecule has 23 heavy (non-hydrogen) atoms. The van der Waals surface area contributed by atoms with Crippen LogP contribution in [0.5, 0.6) is 0 Å². The summed E-state index contributed by atoms with van der Waals surface area (Å²) in [6, 6.07) is 7.71. The van der Waals surface area contributed by atoms with Crippen LogP contribution in [-0.2, 0) is 4.79 Å². The quantitative estimate of drug-likeness (QED) is 0.759. The Morgan fingerprint density at radius 3 is 2.96 bits per heavy atom. The van der Waals surface area contributed by atoms with Gasteiger partial charge in [0, 0.05) is 37.1 Å². The molecule has 0 aliphatic carbocycles. The van der Waals surface area contributed by atoms with E-state index in [0.717, 1.165) is 41.4 Å². The van der Waals surface area contributed by atoms with Crippen LogP contribution in [0.15, 0.2) is 42.9 Å². The standard InChI is InChI=1S/C17H19N5O/c1-3-7-18-16-17-20-11-15(22(17)9-8-19-16)13-5-4-6-14(10-13)21-12(2)23/h4-6,8-11H,3,7H2,1-2H3,(H,18,19)(H,21,23). The molecule has 0 spiro atoms. The third-order valence-electron chi connectivity index (χ3n) is 3.45. The average Bonchev–Trinajstić information content (AvgIpc) is 2.97. The van der Waals surface area contributed by atoms with Gasteiger partial charge in [0.25, 0.3) is 0 Å². The Morgan fingerprint density at radius 2 is 2.17 bits per heavy atom. The molecular formula is C17H19N5O. The second-order valence-electron chi connectivity index (χ2n) is 5.30. The van der Waals surface area contributed by atoms with E-state index in [1.165, 1.54) is 6.92 Å². The summed E-state index contributed by atoms with van der Waals surface area (Å²) in [6.45, 7) is 4.46. The van der Waals surface area contributed by atoms with Crippen molar-refractivity contribution in [2.24, 2.45) is 0 Å². The summed E-state index contributed by atoms with van der Waals surface area (Å²) in [7, 11) is 0. The normalized spacial score (nSPS) is 10.7. The summed E-state index contributed by atoms with van der Waals surface area (Å²) < 4.78 is 2.00. The minimum atomic E-state index is -0.0875. The van der Waals surface area contributed by atoms with Gasteiger partial charge in [-0.15, -0.1) is 0 Å². The van der Waals surface area contributed by atoms with E-state index in [9.17, 15) is 4.79 Å². The number of rotatable bonds is 5. The van der Waals surface area contributed by atoms with Gasteiger partial charge in [-0.1, -0.05) is 19.1 Å². The maximum atomic E-state index is 11.2. The number of nitrogens with zero attached hydrogens (tertiary/aromatic N) is 3. The Bertz CT molecular complexity index is 840. The number of amides is 1. The first-order chi connectivity index (χ1) is 11.2. The summed E-state index contributed by atoms with van der Waals surface area (Å²) >= 11 is 0. The van der Waals surface area contributed by atoms with Gasteiger partial charge in [0.15, 0.2) is 11.5 Å². The van der Waals surface area contributed by atoms with E-state index in [0.29, 0.717) is 0 Å². The van der Waals surface area contributed by atoms with Crippen molar-refractivity contribution in [3.63, 3.8) is 0 Å². The lowest BCUT2D eigenvalue weighted by Crippen LogP contribution is -2.05. The second-order valence-corrected chi connectivity index (χ2v) is 5.30. The van der Waals surface area contributed by atoms with Crippen molar-refractivity contribution in [2.45, 2.75) is 20.3 Å². The maximum absolute atomic E-state index is 11.2. The molecule has 2 aromatic heterocycles. The highest BCUT2D eigenvalue weighted by Crippen LogP contribution is 2.25. The smallest absolute Gasteiger partial charge is 0.221 e. The molecule has 1 aromatic carbocycles. The number of aromatic nitrogens is 3. The second kappa shape index (κ2) is 6.48. The Hall–Kier alpha value is -2.89. The molecular weight excluding hydrogens is 290 g/mol. The predicted octanol–water partition coefficient (Wildman–Crippen LogP) is 3.18. The van der Waals surface area contributed by atoms with Crippen molar-refractivity contribution in [1.29, 1.82) is 0 Å². The van der Waals surface area contributed by atoms with Crippen molar-refractivity contribution in [3.8, 4) is 11.3 Å². The van der Waals surface area contributed by atoms with Crippen LogP contribution in [0.3, 0.4) is 0 Å². The number of carbonyl (C=O) groups excluding carboxylic acids is 1. The summed E-state index contributed by atoms with van der Waals surface area (Å²) in [5, 5.41) is 6.09. The molecule has 118 valence electrons. The van der Waals surface area contributed by atoms with Crippen LogP contribution in [0.25, 0.3) is 16.9 Å². The zero-order valence-corrected chi connectivity index (χ0v) is 13.2. The highest BCUT2D eigenvalue weighted by atomic mass is 16.1. The van der Waals surface area contributed by atoms with Crippen LogP contribution < -0.4 is 10.6 Å². The number of anilines is 2. The Morgan fingerprint density at radius 1 is 1.30 bits per heavy atom. The van der Waals surface area contributed by atoms with Crippen LogP contribution in [0.2, 0.25) is 0 Å². The summed E-state index contributed by atoms with van der Waals surface area (Å²) in [4.78, 5) is 20.1. The van der Waals surface area contributed by atoms with E-state index >= 15 is 0 Å². The first-order valence-electron chi connectivity index (χ1n) is 7.63. The fourth-order valence-corrected chi connectivity index (χ4v) is 2.46. The zero-order valence-electron chi connectivity index (χ0n) is 13.2. The molecule has 6 nitrogen and oxygen atoms in total. The van der Waals surface area contributed by atoms with Gasteiger partial charge in [-0.3, -0.25) is 9.20 Å². The molecule has 1 amide bonds.